The number of hydrogen-bond donors (Lipinski definition) is 2. The lowest BCUT2D eigenvalue weighted by atomic mass is 10.1. The molecule has 0 atom stereocenters. The van der Waals surface area contributed by atoms with Crippen LogP contribution in [0.25, 0.3) is 0 Å². The number of nitrogens with one attached hydrogen (secondary N) is 2. The van der Waals surface area contributed by atoms with Gasteiger partial charge in [0.2, 0.25) is 0 Å². The number of alkyl halides is 3. The van der Waals surface area contributed by atoms with Gasteiger partial charge in [0.05, 0.1) is 13.1 Å². The first-order valence-corrected chi connectivity index (χ1v) is 9.20. The van der Waals surface area contributed by atoms with E-state index in [0.29, 0.717) is 44.1 Å². The van der Waals surface area contributed by atoms with Crippen molar-refractivity contribution in [3.8, 4) is 0 Å². The zero-order valence-electron chi connectivity index (χ0n) is 16.9. The second kappa shape index (κ2) is 11.5. The van der Waals surface area contributed by atoms with Crippen molar-refractivity contribution in [2.24, 2.45) is 4.99 Å². The van der Waals surface area contributed by atoms with Gasteiger partial charge >= 0.3 is 6.18 Å². The molecule has 0 bridgehead atoms. The Morgan fingerprint density at radius 3 is 2.29 bits per heavy atom. The van der Waals surface area contributed by atoms with Gasteiger partial charge in [-0.25, -0.2) is 4.99 Å². The molecule has 1 aromatic rings. The zero-order chi connectivity index (χ0) is 21.2. The first-order chi connectivity index (χ1) is 13.1. The lowest BCUT2D eigenvalue weighted by Gasteiger charge is -2.19. The topological polar surface area (TPSA) is 60.0 Å². The number of halogens is 3. The smallest absolute Gasteiger partial charge is 0.357 e. The fourth-order valence-corrected chi connectivity index (χ4v) is 2.46. The van der Waals surface area contributed by atoms with Gasteiger partial charge in [-0.1, -0.05) is 12.1 Å². The normalized spacial score (nSPS) is 12.2. The summed E-state index contributed by atoms with van der Waals surface area (Å²) in [5.74, 6) is 0.551. The summed E-state index contributed by atoms with van der Waals surface area (Å²) in [5, 5.41) is 6.23. The van der Waals surface area contributed by atoms with Crippen molar-refractivity contribution >= 4 is 11.9 Å². The molecule has 6 nitrogen and oxygen atoms in total. The zero-order valence-corrected chi connectivity index (χ0v) is 16.9. The van der Waals surface area contributed by atoms with Gasteiger partial charge in [-0.05, 0) is 44.6 Å². The van der Waals surface area contributed by atoms with Crippen LogP contribution in [0.2, 0.25) is 0 Å². The van der Waals surface area contributed by atoms with Gasteiger partial charge < -0.3 is 15.5 Å². The molecule has 158 valence electrons. The molecule has 0 aliphatic carbocycles. The predicted molar refractivity (Wildman–Crippen MR) is 105 cm³/mol. The Bertz CT molecular complexity index is 629. The van der Waals surface area contributed by atoms with Crippen molar-refractivity contribution in [3.05, 3.63) is 35.4 Å². The number of carbonyl (C=O) groups excluding carboxylic acids is 1. The molecule has 0 saturated heterocycles. The van der Waals surface area contributed by atoms with E-state index in [1.54, 1.807) is 26.2 Å². The van der Waals surface area contributed by atoms with Crippen LogP contribution in [-0.4, -0.2) is 75.2 Å². The quantitative estimate of drug-likeness (QED) is 0.379. The molecule has 0 heterocycles. The molecule has 0 unspecified atom stereocenters. The third-order valence-corrected chi connectivity index (χ3v) is 3.83. The molecule has 0 aliphatic heterocycles. The Hall–Kier alpha value is -2.29. The lowest BCUT2D eigenvalue weighted by Crippen LogP contribution is -2.39. The molecule has 0 aliphatic rings. The Morgan fingerprint density at radius 1 is 1.11 bits per heavy atom. The third-order valence-electron chi connectivity index (χ3n) is 3.83. The van der Waals surface area contributed by atoms with Crippen molar-refractivity contribution in [3.63, 3.8) is 0 Å². The molecule has 9 heteroatoms. The van der Waals surface area contributed by atoms with E-state index in [-0.39, 0.29) is 5.91 Å². The second-order valence-corrected chi connectivity index (χ2v) is 6.72. The monoisotopic (exact) mass is 401 g/mol. The molecular weight excluding hydrogens is 371 g/mol. The van der Waals surface area contributed by atoms with Crippen LogP contribution in [0.4, 0.5) is 13.2 Å². The van der Waals surface area contributed by atoms with Gasteiger partial charge in [0.25, 0.3) is 5.91 Å². The number of benzene rings is 1. The van der Waals surface area contributed by atoms with Crippen LogP contribution in [0.15, 0.2) is 29.3 Å². The average Bonchev–Trinajstić information content (AvgIpc) is 2.61. The first kappa shape index (κ1) is 23.7. The van der Waals surface area contributed by atoms with E-state index in [9.17, 15) is 18.0 Å². The molecule has 0 spiro atoms. The number of amides is 1. The van der Waals surface area contributed by atoms with E-state index in [1.807, 2.05) is 19.1 Å². The Kier molecular flexibility index (Phi) is 9.78. The first-order valence-electron chi connectivity index (χ1n) is 9.20. The standard InChI is InChI=1S/C19H30F3N5O/c1-5-23-18(24-11-6-12-27(4)14-19(20,21)22)25-13-15-7-9-16(10-8-15)17(28)26(2)3/h7-10H,5-6,11-14H2,1-4H3,(H2,23,24,25). The predicted octanol–water partition coefficient (Wildman–Crippen LogP) is 2.33. The van der Waals surface area contributed by atoms with Crippen LogP contribution in [-0.2, 0) is 6.54 Å². The summed E-state index contributed by atoms with van der Waals surface area (Å²) in [6.45, 7) is 3.00. The SMILES string of the molecule is CCNC(=NCc1ccc(C(=O)N(C)C)cc1)NCCCN(C)CC(F)(F)F. The molecule has 1 rings (SSSR count). The van der Waals surface area contributed by atoms with Crippen LogP contribution >= 0.6 is 0 Å². The molecule has 2 N–H and O–H groups in total. The fraction of sp³-hybridized carbons (Fsp3) is 0.579. The average molecular weight is 401 g/mol. The fourth-order valence-electron chi connectivity index (χ4n) is 2.46. The summed E-state index contributed by atoms with van der Waals surface area (Å²) in [6, 6.07) is 7.25. The number of carbonyl (C=O) groups is 1. The molecule has 1 amide bonds. The number of rotatable bonds is 9. The highest BCUT2D eigenvalue weighted by Gasteiger charge is 2.28. The van der Waals surface area contributed by atoms with Crippen LogP contribution in [0, 0.1) is 0 Å². The highest BCUT2D eigenvalue weighted by atomic mass is 19.4. The number of hydrogen-bond acceptors (Lipinski definition) is 3. The molecule has 0 fully saturated rings. The van der Waals surface area contributed by atoms with Gasteiger partial charge in [0, 0.05) is 32.7 Å². The summed E-state index contributed by atoms with van der Waals surface area (Å²) < 4.78 is 36.9. The minimum Gasteiger partial charge on any atom is -0.357 e. The largest absolute Gasteiger partial charge is 0.401 e. The maximum absolute atomic E-state index is 12.3. The Morgan fingerprint density at radius 2 is 1.75 bits per heavy atom. The lowest BCUT2D eigenvalue weighted by molar-refractivity contribution is -0.143. The van der Waals surface area contributed by atoms with Crippen molar-refractivity contribution in [1.29, 1.82) is 0 Å². The van der Waals surface area contributed by atoms with Crippen LogP contribution in [0.5, 0.6) is 0 Å². The molecule has 28 heavy (non-hydrogen) atoms. The van der Waals surface area contributed by atoms with Gasteiger partial charge in [0.1, 0.15) is 0 Å². The molecule has 0 saturated carbocycles. The number of guanidine groups is 1. The van der Waals surface area contributed by atoms with E-state index in [2.05, 4.69) is 15.6 Å². The maximum atomic E-state index is 12.3. The Balaban J connectivity index is 2.50. The maximum Gasteiger partial charge on any atom is 0.401 e. The molecular formula is C19H30F3N5O. The molecule has 1 aromatic carbocycles. The summed E-state index contributed by atoms with van der Waals surface area (Å²) >= 11 is 0. The summed E-state index contributed by atoms with van der Waals surface area (Å²) in [6.07, 6.45) is -3.61. The van der Waals surface area contributed by atoms with Gasteiger partial charge in [-0.15, -0.1) is 0 Å². The van der Waals surface area contributed by atoms with E-state index in [1.165, 1.54) is 16.8 Å². The summed E-state index contributed by atoms with van der Waals surface area (Å²) in [5.41, 5.74) is 1.57. The summed E-state index contributed by atoms with van der Waals surface area (Å²) in [4.78, 5) is 19.1. The molecule has 0 aromatic heterocycles. The van der Waals surface area contributed by atoms with Crippen molar-refractivity contribution in [2.45, 2.75) is 26.1 Å². The van der Waals surface area contributed by atoms with Crippen LogP contribution < -0.4 is 10.6 Å². The third kappa shape index (κ3) is 9.59. The van der Waals surface area contributed by atoms with E-state index in [4.69, 9.17) is 0 Å². The van der Waals surface area contributed by atoms with Crippen molar-refractivity contribution in [2.75, 3.05) is 47.3 Å². The van der Waals surface area contributed by atoms with E-state index < -0.39 is 12.7 Å². The van der Waals surface area contributed by atoms with E-state index >= 15 is 0 Å². The van der Waals surface area contributed by atoms with Gasteiger partial charge in [-0.3, -0.25) is 9.69 Å². The van der Waals surface area contributed by atoms with Gasteiger partial charge in [-0.2, -0.15) is 13.2 Å². The number of aliphatic imine (C=N–C) groups is 1. The van der Waals surface area contributed by atoms with Gasteiger partial charge in [0.15, 0.2) is 5.96 Å². The van der Waals surface area contributed by atoms with Crippen molar-refractivity contribution in [1.82, 2.24) is 20.4 Å². The van der Waals surface area contributed by atoms with Crippen molar-refractivity contribution < 1.29 is 18.0 Å². The highest BCUT2D eigenvalue weighted by molar-refractivity contribution is 5.93. The molecule has 0 radical (unpaired) electrons. The minimum absolute atomic E-state index is 0.0550. The number of nitrogens with zero attached hydrogens (tertiary/aromatic N) is 3. The van der Waals surface area contributed by atoms with Crippen LogP contribution in [0.1, 0.15) is 29.3 Å². The Labute approximate surface area is 164 Å². The van der Waals surface area contributed by atoms with Crippen LogP contribution in [0.3, 0.4) is 0 Å². The highest BCUT2D eigenvalue weighted by Crippen LogP contribution is 2.15. The second-order valence-electron chi connectivity index (χ2n) is 6.72. The summed E-state index contributed by atoms with van der Waals surface area (Å²) in [7, 11) is 4.86. The minimum atomic E-state index is -4.18. The van der Waals surface area contributed by atoms with E-state index in [0.717, 1.165) is 5.56 Å².